The predicted octanol–water partition coefficient (Wildman–Crippen LogP) is 1.32. The highest BCUT2D eigenvalue weighted by Gasteiger charge is 2.29. The van der Waals surface area contributed by atoms with Crippen molar-refractivity contribution >= 4 is 5.82 Å². The molecule has 2 unspecified atom stereocenters. The maximum absolute atomic E-state index is 4.56. The molecule has 0 amide bonds. The van der Waals surface area contributed by atoms with Crippen molar-refractivity contribution in [3.63, 3.8) is 0 Å². The normalized spacial score (nSPS) is 28.2. The number of aryl methyl sites for hydroxylation is 1. The molecule has 0 radical (unpaired) electrons. The Bertz CT molecular complexity index is 418. The maximum Gasteiger partial charge on any atom is 0.136 e. The van der Waals surface area contributed by atoms with Crippen molar-refractivity contribution in [2.24, 2.45) is 0 Å². The molecule has 92 valence electrons. The van der Waals surface area contributed by atoms with Crippen LogP contribution in [-0.2, 0) is 6.42 Å². The van der Waals surface area contributed by atoms with E-state index in [-0.39, 0.29) is 0 Å². The molecule has 3 rings (SSSR count). The molecular formula is C13H20N4. The molecule has 0 bridgehead atoms. The summed E-state index contributed by atoms with van der Waals surface area (Å²) in [7, 11) is 0. The average molecular weight is 232 g/mol. The van der Waals surface area contributed by atoms with E-state index in [1.54, 1.807) is 6.33 Å². The number of hydrogen-bond donors (Lipinski definition) is 1. The van der Waals surface area contributed by atoms with Crippen molar-refractivity contribution in [2.75, 3.05) is 24.5 Å². The zero-order valence-electron chi connectivity index (χ0n) is 10.6. The van der Waals surface area contributed by atoms with Crippen LogP contribution in [0.4, 0.5) is 5.82 Å². The van der Waals surface area contributed by atoms with Gasteiger partial charge >= 0.3 is 0 Å². The Morgan fingerprint density at radius 3 is 3.06 bits per heavy atom. The Labute approximate surface area is 102 Å². The number of fused-ring (bicyclic) bond motifs is 1. The fourth-order valence-electron chi connectivity index (χ4n) is 3.01. The largest absolute Gasteiger partial charge is 0.351 e. The van der Waals surface area contributed by atoms with E-state index < -0.39 is 0 Å². The zero-order valence-corrected chi connectivity index (χ0v) is 10.6. The minimum absolute atomic E-state index is 0.524. The van der Waals surface area contributed by atoms with Crippen LogP contribution in [-0.4, -0.2) is 35.6 Å². The molecule has 2 atom stereocenters. The van der Waals surface area contributed by atoms with Gasteiger partial charge in [0.15, 0.2) is 0 Å². The lowest BCUT2D eigenvalue weighted by molar-refractivity contribution is 0.494. The van der Waals surface area contributed by atoms with Crippen molar-refractivity contribution in [3.05, 3.63) is 17.6 Å². The Balaban J connectivity index is 2.00. The van der Waals surface area contributed by atoms with Gasteiger partial charge in [0.05, 0.1) is 0 Å². The van der Waals surface area contributed by atoms with E-state index in [0.29, 0.717) is 12.0 Å². The van der Waals surface area contributed by atoms with Gasteiger partial charge in [-0.1, -0.05) is 6.92 Å². The molecule has 1 N–H and O–H groups in total. The second-order valence-electron chi connectivity index (χ2n) is 5.24. The van der Waals surface area contributed by atoms with Crippen LogP contribution in [0, 0.1) is 0 Å². The molecule has 0 aromatic carbocycles. The van der Waals surface area contributed by atoms with Crippen molar-refractivity contribution in [3.8, 4) is 0 Å². The van der Waals surface area contributed by atoms with E-state index in [2.05, 4.69) is 34.0 Å². The van der Waals surface area contributed by atoms with Gasteiger partial charge in [0.1, 0.15) is 12.1 Å². The third-order valence-corrected chi connectivity index (χ3v) is 4.03. The average Bonchev–Trinajstić information content (AvgIpc) is 2.72. The molecular weight excluding hydrogens is 212 g/mol. The van der Waals surface area contributed by atoms with E-state index in [0.717, 1.165) is 26.1 Å². The standard InChI is InChI=1S/C13H20N4/c1-9-3-4-11-12(9)13(16-8-15-11)17-6-5-14-7-10(17)2/h8-10,14H,3-7H2,1-2H3. The summed E-state index contributed by atoms with van der Waals surface area (Å²) in [5, 5.41) is 3.43. The second-order valence-corrected chi connectivity index (χ2v) is 5.24. The van der Waals surface area contributed by atoms with E-state index in [1.165, 1.54) is 23.5 Å². The minimum Gasteiger partial charge on any atom is -0.351 e. The quantitative estimate of drug-likeness (QED) is 0.793. The van der Waals surface area contributed by atoms with Crippen LogP contribution in [0.5, 0.6) is 0 Å². The molecule has 17 heavy (non-hydrogen) atoms. The number of hydrogen-bond acceptors (Lipinski definition) is 4. The Morgan fingerprint density at radius 2 is 2.24 bits per heavy atom. The molecule has 1 aromatic heterocycles. The second kappa shape index (κ2) is 4.26. The van der Waals surface area contributed by atoms with Gasteiger partial charge in [-0.3, -0.25) is 0 Å². The summed E-state index contributed by atoms with van der Waals surface area (Å²) in [4.78, 5) is 11.4. The van der Waals surface area contributed by atoms with Crippen LogP contribution in [0.25, 0.3) is 0 Å². The summed E-state index contributed by atoms with van der Waals surface area (Å²) in [5.74, 6) is 1.80. The summed E-state index contributed by atoms with van der Waals surface area (Å²) in [5.41, 5.74) is 2.68. The van der Waals surface area contributed by atoms with Gasteiger partial charge in [0.25, 0.3) is 0 Å². The molecule has 1 fully saturated rings. The first kappa shape index (κ1) is 11.0. The highest BCUT2D eigenvalue weighted by Crippen LogP contribution is 2.37. The number of nitrogens with zero attached hydrogens (tertiary/aromatic N) is 3. The van der Waals surface area contributed by atoms with Crippen LogP contribution in [0.1, 0.15) is 37.4 Å². The van der Waals surface area contributed by atoms with Crippen LogP contribution in [0.15, 0.2) is 6.33 Å². The lowest BCUT2D eigenvalue weighted by Gasteiger charge is -2.36. The lowest BCUT2D eigenvalue weighted by atomic mass is 10.0. The summed E-state index contributed by atoms with van der Waals surface area (Å²) >= 11 is 0. The summed E-state index contributed by atoms with van der Waals surface area (Å²) in [6.07, 6.45) is 4.08. The maximum atomic E-state index is 4.56. The minimum atomic E-state index is 0.524. The third kappa shape index (κ3) is 1.80. The molecule has 1 aliphatic carbocycles. The first-order chi connectivity index (χ1) is 8.27. The summed E-state index contributed by atoms with van der Waals surface area (Å²) in [6.45, 7) is 7.72. The first-order valence-corrected chi connectivity index (χ1v) is 6.58. The number of anilines is 1. The van der Waals surface area contributed by atoms with Gasteiger partial charge in [-0.05, 0) is 25.7 Å². The number of nitrogens with one attached hydrogen (secondary N) is 1. The molecule has 1 aliphatic heterocycles. The molecule has 2 heterocycles. The van der Waals surface area contributed by atoms with Crippen LogP contribution >= 0.6 is 0 Å². The molecule has 4 heteroatoms. The van der Waals surface area contributed by atoms with Gasteiger partial charge in [0, 0.05) is 36.9 Å². The molecule has 1 saturated heterocycles. The lowest BCUT2D eigenvalue weighted by Crippen LogP contribution is -2.50. The van der Waals surface area contributed by atoms with Crippen LogP contribution in [0.3, 0.4) is 0 Å². The van der Waals surface area contributed by atoms with Gasteiger partial charge in [-0.2, -0.15) is 0 Å². The molecule has 0 spiro atoms. The van der Waals surface area contributed by atoms with Gasteiger partial charge in [0.2, 0.25) is 0 Å². The predicted molar refractivity (Wildman–Crippen MR) is 68.4 cm³/mol. The first-order valence-electron chi connectivity index (χ1n) is 6.58. The van der Waals surface area contributed by atoms with E-state index in [4.69, 9.17) is 0 Å². The zero-order chi connectivity index (χ0) is 11.8. The molecule has 0 saturated carbocycles. The fourth-order valence-corrected chi connectivity index (χ4v) is 3.01. The molecule has 2 aliphatic rings. The van der Waals surface area contributed by atoms with Gasteiger partial charge in [-0.25, -0.2) is 9.97 Å². The highest BCUT2D eigenvalue weighted by molar-refractivity contribution is 5.53. The van der Waals surface area contributed by atoms with E-state index >= 15 is 0 Å². The smallest absolute Gasteiger partial charge is 0.136 e. The van der Waals surface area contributed by atoms with E-state index in [9.17, 15) is 0 Å². The molecule has 4 nitrogen and oxygen atoms in total. The highest BCUT2D eigenvalue weighted by atomic mass is 15.3. The third-order valence-electron chi connectivity index (χ3n) is 4.03. The Kier molecular flexibility index (Phi) is 2.74. The number of piperazine rings is 1. The van der Waals surface area contributed by atoms with Crippen molar-refractivity contribution in [1.82, 2.24) is 15.3 Å². The van der Waals surface area contributed by atoms with Crippen LogP contribution in [0.2, 0.25) is 0 Å². The SMILES string of the molecule is CC1CCc2ncnc(N3CCNCC3C)c21. The fraction of sp³-hybridized carbons (Fsp3) is 0.692. The van der Waals surface area contributed by atoms with Crippen molar-refractivity contribution in [2.45, 2.75) is 38.6 Å². The Hall–Kier alpha value is -1.16. The summed E-state index contributed by atoms with van der Waals surface area (Å²) < 4.78 is 0. The van der Waals surface area contributed by atoms with Gasteiger partial charge < -0.3 is 10.2 Å². The van der Waals surface area contributed by atoms with E-state index in [1.807, 2.05) is 0 Å². The molecule has 1 aromatic rings. The number of rotatable bonds is 1. The monoisotopic (exact) mass is 232 g/mol. The summed E-state index contributed by atoms with van der Waals surface area (Å²) in [6, 6.07) is 0.524. The topological polar surface area (TPSA) is 41.1 Å². The van der Waals surface area contributed by atoms with Crippen molar-refractivity contribution in [1.29, 1.82) is 0 Å². The van der Waals surface area contributed by atoms with Crippen LogP contribution < -0.4 is 10.2 Å². The van der Waals surface area contributed by atoms with Gasteiger partial charge in [-0.15, -0.1) is 0 Å². The van der Waals surface area contributed by atoms with Crippen molar-refractivity contribution < 1.29 is 0 Å². The Morgan fingerprint density at radius 1 is 1.35 bits per heavy atom. The number of aromatic nitrogens is 2.